The van der Waals surface area contributed by atoms with E-state index in [1.54, 1.807) is 48.5 Å². The van der Waals surface area contributed by atoms with Gasteiger partial charge in [-0.05, 0) is 96.5 Å². The van der Waals surface area contributed by atoms with Gasteiger partial charge in [0.1, 0.15) is 11.6 Å². The van der Waals surface area contributed by atoms with E-state index in [1.807, 2.05) is 0 Å². The molecule has 16 heteroatoms. The Hall–Kier alpha value is -4.84. The SMILES string of the molecule is O=C(/C=C/C(=O)ONCc1ccc(S(=O)(=O)N2CCCC2c2ccc(F)cc2)cc1)ONCc1ccc(S(=O)(=O)N2CCCC2c2ccc(F)cc2)cc1. The van der Waals surface area contributed by atoms with Crippen LogP contribution in [0.1, 0.15) is 60.0 Å². The van der Waals surface area contributed by atoms with Gasteiger partial charge in [0.2, 0.25) is 20.0 Å². The van der Waals surface area contributed by atoms with Crippen LogP contribution in [0.25, 0.3) is 0 Å². The minimum Gasteiger partial charge on any atom is -0.367 e. The van der Waals surface area contributed by atoms with Gasteiger partial charge in [0, 0.05) is 25.2 Å². The van der Waals surface area contributed by atoms with Crippen LogP contribution in [0.4, 0.5) is 8.78 Å². The second-order valence-corrected chi connectivity index (χ2v) is 16.5. The zero-order chi connectivity index (χ0) is 38.3. The summed E-state index contributed by atoms with van der Waals surface area (Å²) in [5.41, 5.74) is 7.64. The van der Waals surface area contributed by atoms with Crippen LogP contribution in [-0.2, 0) is 52.4 Å². The standard InChI is InChI=1S/C38H38F2N4O8S2/c39-31-13-9-29(10-14-31)35-3-1-23-43(35)53(47,48)33-17-5-27(6-18-33)25-41-51-37(45)21-22-38(46)52-42-26-28-7-19-34(20-8-28)54(49,50)44-24-2-4-36(44)30-11-15-32(40)16-12-30/h5-22,35-36,41-42H,1-4,23-26H2/b22-21+. The molecule has 2 aliphatic heterocycles. The van der Waals surface area contributed by atoms with E-state index < -0.39 is 32.0 Å². The number of halogens is 2. The summed E-state index contributed by atoms with van der Waals surface area (Å²) in [7, 11) is -7.62. The highest BCUT2D eigenvalue weighted by Gasteiger charge is 2.37. The van der Waals surface area contributed by atoms with Gasteiger partial charge in [-0.3, -0.25) is 0 Å². The molecule has 0 radical (unpaired) electrons. The molecule has 2 aliphatic rings. The van der Waals surface area contributed by atoms with Gasteiger partial charge in [0.05, 0.1) is 35.0 Å². The number of nitrogens with one attached hydrogen (secondary N) is 2. The van der Waals surface area contributed by atoms with Crippen LogP contribution >= 0.6 is 0 Å². The molecular weight excluding hydrogens is 743 g/mol. The number of hydrogen-bond donors (Lipinski definition) is 2. The molecule has 0 aromatic heterocycles. The summed E-state index contributed by atoms with van der Waals surface area (Å²) in [6.07, 6.45) is 4.35. The quantitative estimate of drug-likeness (QED) is 0.126. The Bertz CT molecular complexity index is 2030. The highest BCUT2D eigenvalue weighted by Crippen LogP contribution is 2.38. The fourth-order valence-electron chi connectivity index (χ4n) is 6.51. The zero-order valence-electron chi connectivity index (χ0n) is 28.9. The molecule has 0 amide bonds. The van der Waals surface area contributed by atoms with Gasteiger partial charge < -0.3 is 9.68 Å². The number of sulfonamides is 2. The van der Waals surface area contributed by atoms with Gasteiger partial charge in [0.25, 0.3) is 0 Å². The van der Waals surface area contributed by atoms with E-state index in [9.17, 15) is 35.2 Å². The predicted molar refractivity (Wildman–Crippen MR) is 192 cm³/mol. The molecule has 0 spiro atoms. The molecule has 2 N–H and O–H groups in total. The first-order valence-corrected chi connectivity index (χ1v) is 20.1. The van der Waals surface area contributed by atoms with Crippen LogP contribution < -0.4 is 11.0 Å². The van der Waals surface area contributed by atoms with E-state index in [0.717, 1.165) is 23.3 Å². The Morgan fingerprint density at radius 1 is 0.593 bits per heavy atom. The van der Waals surface area contributed by atoms with Crippen molar-refractivity contribution in [2.45, 2.75) is 60.6 Å². The fourth-order valence-corrected chi connectivity index (χ4v) is 9.87. The second kappa shape index (κ2) is 17.1. The van der Waals surface area contributed by atoms with Crippen molar-refractivity contribution in [3.8, 4) is 0 Å². The lowest BCUT2D eigenvalue weighted by atomic mass is 10.1. The molecule has 12 nitrogen and oxygen atoms in total. The number of carbonyl (C=O) groups is 2. The Morgan fingerprint density at radius 3 is 1.30 bits per heavy atom. The van der Waals surface area contributed by atoms with Gasteiger partial charge in [-0.25, -0.2) is 35.2 Å². The third-order valence-electron chi connectivity index (χ3n) is 9.23. The summed E-state index contributed by atoms with van der Waals surface area (Å²) in [6.45, 7) is 0.817. The fraction of sp³-hybridized carbons (Fsp3) is 0.263. The monoisotopic (exact) mass is 780 g/mol. The molecule has 0 bridgehead atoms. The van der Waals surface area contributed by atoms with Gasteiger partial charge in [-0.2, -0.15) is 8.61 Å². The van der Waals surface area contributed by atoms with E-state index in [2.05, 4.69) is 11.0 Å². The maximum absolute atomic E-state index is 13.4. The zero-order valence-corrected chi connectivity index (χ0v) is 30.6. The maximum Gasteiger partial charge on any atom is 0.349 e. The van der Waals surface area contributed by atoms with E-state index in [0.29, 0.717) is 49.9 Å². The van der Waals surface area contributed by atoms with Gasteiger partial charge in [0.15, 0.2) is 0 Å². The summed E-state index contributed by atoms with van der Waals surface area (Å²) in [4.78, 5) is 34.2. The molecule has 6 rings (SSSR count). The number of nitrogens with zero attached hydrogens (tertiary/aromatic N) is 2. The average Bonchev–Trinajstić information content (AvgIpc) is 3.87. The van der Waals surface area contributed by atoms with Crippen molar-refractivity contribution in [1.29, 1.82) is 0 Å². The first-order chi connectivity index (χ1) is 25.9. The summed E-state index contributed by atoms with van der Waals surface area (Å²) < 4.78 is 83.2. The van der Waals surface area contributed by atoms with Crippen molar-refractivity contribution in [2.75, 3.05) is 13.1 Å². The molecule has 0 aliphatic carbocycles. The molecule has 2 saturated heterocycles. The number of rotatable bonds is 14. The van der Waals surface area contributed by atoms with E-state index in [-0.39, 0.29) is 46.6 Å². The van der Waals surface area contributed by atoms with Crippen LogP contribution in [-0.4, -0.2) is 50.5 Å². The molecule has 2 heterocycles. The van der Waals surface area contributed by atoms with E-state index >= 15 is 0 Å². The Balaban J connectivity index is 0.915. The summed E-state index contributed by atoms with van der Waals surface area (Å²) in [5, 5.41) is 0. The first-order valence-electron chi connectivity index (χ1n) is 17.2. The lowest BCUT2D eigenvalue weighted by molar-refractivity contribution is -0.148. The number of hydrogen-bond acceptors (Lipinski definition) is 10. The lowest BCUT2D eigenvalue weighted by Crippen LogP contribution is -2.30. The van der Waals surface area contributed by atoms with Gasteiger partial charge in [-0.15, -0.1) is 11.0 Å². The van der Waals surface area contributed by atoms with Crippen molar-refractivity contribution in [3.63, 3.8) is 0 Å². The van der Waals surface area contributed by atoms with Crippen molar-refractivity contribution in [1.82, 2.24) is 19.6 Å². The molecule has 284 valence electrons. The Kier molecular flexibility index (Phi) is 12.3. The smallest absolute Gasteiger partial charge is 0.349 e. The second-order valence-electron chi connectivity index (χ2n) is 12.8. The maximum atomic E-state index is 13.4. The third kappa shape index (κ3) is 9.26. The number of benzene rings is 4. The van der Waals surface area contributed by atoms with Crippen LogP contribution in [0.2, 0.25) is 0 Å². The molecule has 4 aromatic rings. The molecule has 2 atom stereocenters. The largest absolute Gasteiger partial charge is 0.367 e. The first kappa shape index (κ1) is 38.9. The summed E-state index contributed by atoms with van der Waals surface area (Å²) in [5.74, 6) is -2.55. The summed E-state index contributed by atoms with van der Waals surface area (Å²) >= 11 is 0. The van der Waals surface area contributed by atoms with Crippen molar-refractivity contribution >= 4 is 32.0 Å². The average molecular weight is 781 g/mol. The summed E-state index contributed by atoms with van der Waals surface area (Å²) in [6, 6.07) is 23.1. The predicted octanol–water partition coefficient (Wildman–Crippen LogP) is 5.37. The molecule has 54 heavy (non-hydrogen) atoms. The Labute approximate surface area is 312 Å². The molecular formula is C38H38F2N4O8S2. The highest BCUT2D eigenvalue weighted by molar-refractivity contribution is 7.89. The van der Waals surface area contributed by atoms with E-state index in [1.165, 1.54) is 57.1 Å². The molecule has 2 fully saturated rings. The Morgan fingerprint density at radius 2 is 0.944 bits per heavy atom. The van der Waals surface area contributed by atoms with Crippen molar-refractivity contribution < 1.29 is 44.9 Å². The van der Waals surface area contributed by atoms with Crippen LogP contribution in [0.15, 0.2) is 119 Å². The number of carbonyl (C=O) groups excluding carboxylic acids is 2. The van der Waals surface area contributed by atoms with Crippen LogP contribution in [0.5, 0.6) is 0 Å². The van der Waals surface area contributed by atoms with Crippen molar-refractivity contribution in [3.05, 3.63) is 143 Å². The van der Waals surface area contributed by atoms with Gasteiger partial charge >= 0.3 is 11.9 Å². The highest BCUT2D eigenvalue weighted by atomic mass is 32.2. The normalized spacial score (nSPS) is 18.3. The lowest BCUT2D eigenvalue weighted by Gasteiger charge is -2.24. The van der Waals surface area contributed by atoms with Crippen LogP contribution in [0.3, 0.4) is 0 Å². The number of hydroxylamine groups is 2. The molecule has 2 unspecified atom stereocenters. The topological polar surface area (TPSA) is 151 Å². The molecule has 4 aromatic carbocycles. The molecule has 0 saturated carbocycles. The third-order valence-corrected chi connectivity index (χ3v) is 13.1. The van der Waals surface area contributed by atoms with E-state index in [4.69, 9.17) is 9.68 Å². The minimum absolute atomic E-state index is 0.0563. The minimum atomic E-state index is -3.81. The van der Waals surface area contributed by atoms with Crippen LogP contribution in [0, 0.1) is 11.6 Å². The van der Waals surface area contributed by atoms with Crippen molar-refractivity contribution in [2.24, 2.45) is 0 Å². The van der Waals surface area contributed by atoms with Gasteiger partial charge in [-0.1, -0.05) is 48.5 Å².